The molecule has 0 spiro atoms. The van der Waals surface area contributed by atoms with E-state index in [0.29, 0.717) is 0 Å². The minimum Gasteiger partial charge on any atom is -0.325 e. The van der Waals surface area contributed by atoms with Gasteiger partial charge in [-0.3, -0.25) is 0 Å². The number of rotatable bonds is 4. The van der Waals surface area contributed by atoms with Crippen molar-refractivity contribution in [3.8, 4) is 0 Å². The molecule has 1 aromatic heterocycles. The van der Waals surface area contributed by atoms with Gasteiger partial charge >= 0.3 is 0 Å². The minimum atomic E-state index is 0.103. The Morgan fingerprint density at radius 1 is 1.39 bits per heavy atom. The fourth-order valence-electron chi connectivity index (χ4n) is 3.20. The highest BCUT2D eigenvalue weighted by Gasteiger charge is 2.29. The highest BCUT2D eigenvalue weighted by atomic mass is 32.1. The first-order valence-corrected chi connectivity index (χ1v) is 8.33. The zero-order valence-electron chi connectivity index (χ0n) is 11.8. The Morgan fingerprint density at radius 3 is 2.89 bits per heavy atom. The maximum atomic E-state index is 6.64. The molecule has 0 amide bonds. The zero-order valence-corrected chi connectivity index (χ0v) is 12.6. The van der Waals surface area contributed by atoms with Crippen LogP contribution in [0.25, 0.3) is 0 Å². The number of aryl methyl sites for hydroxylation is 1. The standard InChI is InChI=1S/C16H27NS/c1-13(2)15-4-3-8-16(17,10-6-15)9-5-14-7-11-18-12-14/h7,11-13,15H,3-6,8-10,17H2,1-2H3. The summed E-state index contributed by atoms with van der Waals surface area (Å²) in [5.41, 5.74) is 8.21. The van der Waals surface area contributed by atoms with Gasteiger partial charge in [-0.15, -0.1) is 0 Å². The Balaban J connectivity index is 1.86. The smallest absolute Gasteiger partial charge is 0.0157 e. The van der Waals surface area contributed by atoms with Crippen LogP contribution in [0.3, 0.4) is 0 Å². The third-order valence-corrected chi connectivity index (χ3v) is 5.43. The fourth-order valence-corrected chi connectivity index (χ4v) is 3.91. The monoisotopic (exact) mass is 265 g/mol. The molecule has 0 bridgehead atoms. The maximum Gasteiger partial charge on any atom is 0.0157 e. The van der Waals surface area contributed by atoms with Crippen molar-refractivity contribution in [2.24, 2.45) is 17.6 Å². The maximum absolute atomic E-state index is 6.64. The third-order valence-electron chi connectivity index (χ3n) is 4.70. The predicted molar refractivity (Wildman–Crippen MR) is 81.0 cm³/mol. The minimum absolute atomic E-state index is 0.103. The normalized spacial score (nSPS) is 29.4. The summed E-state index contributed by atoms with van der Waals surface area (Å²) in [6, 6.07) is 2.24. The molecule has 18 heavy (non-hydrogen) atoms. The molecule has 1 aliphatic carbocycles. The van der Waals surface area contributed by atoms with Crippen LogP contribution in [0.2, 0.25) is 0 Å². The average Bonchev–Trinajstić information content (AvgIpc) is 2.76. The van der Waals surface area contributed by atoms with Gasteiger partial charge < -0.3 is 5.73 Å². The van der Waals surface area contributed by atoms with Crippen molar-refractivity contribution in [1.82, 2.24) is 0 Å². The summed E-state index contributed by atoms with van der Waals surface area (Å²) in [5.74, 6) is 1.72. The van der Waals surface area contributed by atoms with Crippen LogP contribution in [-0.4, -0.2) is 5.54 Å². The van der Waals surface area contributed by atoms with Gasteiger partial charge in [0.2, 0.25) is 0 Å². The molecular weight excluding hydrogens is 238 g/mol. The molecule has 2 N–H and O–H groups in total. The quantitative estimate of drug-likeness (QED) is 0.790. The Labute approximate surface area is 116 Å². The molecule has 2 heteroatoms. The summed E-state index contributed by atoms with van der Waals surface area (Å²) in [4.78, 5) is 0. The van der Waals surface area contributed by atoms with Crippen molar-refractivity contribution in [2.45, 2.75) is 64.3 Å². The molecule has 2 unspecified atom stereocenters. The Hall–Kier alpha value is -0.340. The summed E-state index contributed by atoms with van der Waals surface area (Å²) in [6.07, 6.45) is 8.80. The lowest BCUT2D eigenvalue weighted by Crippen LogP contribution is -2.39. The molecule has 0 aromatic carbocycles. The van der Waals surface area contributed by atoms with E-state index in [1.54, 1.807) is 11.3 Å². The van der Waals surface area contributed by atoms with E-state index in [-0.39, 0.29) is 5.54 Å². The van der Waals surface area contributed by atoms with Crippen molar-refractivity contribution < 1.29 is 0 Å². The zero-order chi connectivity index (χ0) is 13.0. The van der Waals surface area contributed by atoms with Crippen LogP contribution in [0.5, 0.6) is 0 Å². The summed E-state index contributed by atoms with van der Waals surface area (Å²) in [7, 11) is 0. The number of thiophene rings is 1. The highest BCUT2D eigenvalue weighted by Crippen LogP contribution is 2.35. The molecule has 1 heterocycles. The van der Waals surface area contributed by atoms with Crippen LogP contribution in [0.15, 0.2) is 16.8 Å². The van der Waals surface area contributed by atoms with E-state index in [9.17, 15) is 0 Å². The third kappa shape index (κ3) is 3.83. The van der Waals surface area contributed by atoms with Gasteiger partial charge in [0.1, 0.15) is 0 Å². The van der Waals surface area contributed by atoms with E-state index in [2.05, 4.69) is 30.7 Å². The summed E-state index contributed by atoms with van der Waals surface area (Å²) in [6.45, 7) is 4.72. The van der Waals surface area contributed by atoms with Gasteiger partial charge in [0.05, 0.1) is 0 Å². The molecule has 0 aliphatic heterocycles. The molecule has 1 aliphatic rings. The van der Waals surface area contributed by atoms with Crippen LogP contribution in [0.1, 0.15) is 57.9 Å². The van der Waals surface area contributed by atoms with E-state index in [1.165, 1.54) is 37.7 Å². The van der Waals surface area contributed by atoms with Crippen LogP contribution >= 0.6 is 11.3 Å². The van der Waals surface area contributed by atoms with Crippen LogP contribution in [-0.2, 0) is 6.42 Å². The van der Waals surface area contributed by atoms with Gasteiger partial charge in [-0.1, -0.05) is 26.7 Å². The largest absolute Gasteiger partial charge is 0.325 e. The molecule has 102 valence electrons. The van der Waals surface area contributed by atoms with Crippen LogP contribution < -0.4 is 5.73 Å². The molecule has 1 saturated carbocycles. The second-order valence-corrected chi connectivity index (χ2v) is 7.21. The molecule has 0 radical (unpaired) electrons. The van der Waals surface area contributed by atoms with Crippen molar-refractivity contribution >= 4 is 11.3 Å². The Bertz CT molecular complexity index is 344. The van der Waals surface area contributed by atoms with Crippen LogP contribution in [0, 0.1) is 11.8 Å². The second-order valence-electron chi connectivity index (χ2n) is 6.43. The van der Waals surface area contributed by atoms with Crippen molar-refractivity contribution in [3.63, 3.8) is 0 Å². The molecular formula is C16H27NS. The number of hydrogen-bond donors (Lipinski definition) is 1. The lowest BCUT2D eigenvalue weighted by molar-refractivity contribution is 0.313. The summed E-state index contributed by atoms with van der Waals surface area (Å²) in [5, 5.41) is 4.43. The lowest BCUT2D eigenvalue weighted by atomic mass is 9.84. The Kier molecular flexibility index (Phi) is 4.85. The van der Waals surface area contributed by atoms with E-state index >= 15 is 0 Å². The molecule has 0 saturated heterocycles. The van der Waals surface area contributed by atoms with Crippen molar-refractivity contribution in [1.29, 1.82) is 0 Å². The summed E-state index contributed by atoms with van der Waals surface area (Å²) >= 11 is 1.79. The second kappa shape index (κ2) is 6.21. The number of nitrogens with two attached hydrogens (primary N) is 1. The van der Waals surface area contributed by atoms with E-state index in [0.717, 1.165) is 24.7 Å². The summed E-state index contributed by atoms with van der Waals surface area (Å²) < 4.78 is 0. The van der Waals surface area contributed by atoms with Gasteiger partial charge in [-0.05, 0) is 66.3 Å². The molecule has 1 nitrogen and oxygen atoms in total. The topological polar surface area (TPSA) is 26.0 Å². The van der Waals surface area contributed by atoms with Gasteiger partial charge in [0, 0.05) is 5.54 Å². The molecule has 1 aromatic rings. The fraction of sp³-hybridized carbons (Fsp3) is 0.750. The van der Waals surface area contributed by atoms with E-state index < -0.39 is 0 Å². The SMILES string of the molecule is CC(C)C1CCCC(N)(CCc2ccsc2)CC1. The Morgan fingerprint density at radius 2 is 2.22 bits per heavy atom. The number of hydrogen-bond acceptors (Lipinski definition) is 2. The van der Waals surface area contributed by atoms with Gasteiger partial charge in [-0.25, -0.2) is 0 Å². The van der Waals surface area contributed by atoms with E-state index in [1.807, 2.05) is 0 Å². The average molecular weight is 265 g/mol. The first-order chi connectivity index (χ1) is 8.59. The molecule has 2 rings (SSSR count). The van der Waals surface area contributed by atoms with Crippen molar-refractivity contribution in [3.05, 3.63) is 22.4 Å². The highest BCUT2D eigenvalue weighted by molar-refractivity contribution is 7.07. The van der Waals surface area contributed by atoms with Gasteiger partial charge in [-0.2, -0.15) is 11.3 Å². The van der Waals surface area contributed by atoms with Crippen molar-refractivity contribution in [2.75, 3.05) is 0 Å². The van der Waals surface area contributed by atoms with E-state index in [4.69, 9.17) is 5.73 Å². The predicted octanol–water partition coefficient (Wildman–Crippen LogP) is 4.61. The van der Waals surface area contributed by atoms with Crippen LogP contribution in [0.4, 0.5) is 0 Å². The molecule has 2 atom stereocenters. The first-order valence-electron chi connectivity index (χ1n) is 7.39. The van der Waals surface area contributed by atoms with Gasteiger partial charge in [0.25, 0.3) is 0 Å². The molecule has 1 fully saturated rings. The lowest BCUT2D eigenvalue weighted by Gasteiger charge is -2.28. The first kappa shape index (κ1) is 14.1. The van der Waals surface area contributed by atoms with Gasteiger partial charge in [0.15, 0.2) is 0 Å².